The Bertz CT molecular complexity index is 575. The van der Waals surface area contributed by atoms with Gasteiger partial charge in [0.2, 0.25) is 0 Å². The van der Waals surface area contributed by atoms with Crippen LogP contribution in [0.2, 0.25) is 0 Å². The van der Waals surface area contributed by atoms with E-state index in [1.165, 1.54) is 6.33 Å². The highest BCUT2D eigenvalue weighted by Crippen LogP contribution is 2.48. The van der Waals surface area contributed by atoms with Crippen molar-refractivity contribution in [2.45, 2.75) is 29.4 Å². The summed E-state index contributed by atoms with van der Waals surface area (Å²) in [4.78, 5) is 22.2. The lowest BCUT2D eigenvalue weighted by atomic mass is 9.96. The minimum absolute atomic E-state index is 0.160. The lowest BCUT2D eigenvalue weighted by Gasteiger charge is -2.20. The Balaban J connectivity index is 1.93. The number of hydrogen-bond acceptors (Lipinski definition) is 6. The van der Waals surface area contributed by atoms with Crippen LogP contribution in [-0.4, -0.2) is 61.6 Å². The molecule has 1 aromatic heterocycles. The van der Waals surface area contributed by atoms with Gasteiger partial charge in [0.05, 0.1) is 30.8 Å². The van der Waals surface area contributed by atoms with Crippen LogP contribution in [0.3, 0.4) is 0 Å². The number of H-pyrrole nitrogens is 1. The SMILES string of the molecule is O=c1[nH]cnc2c1N=CC2[C@@H]1P[C@H](CO)[C@@H](O)[C@H]1O. The van der Waals surface area contributed by atoms with Gasteiger partial charge in [-0.1, -0.05) is 0 Å². The molecule has 19 heavy (non-hydrogen) atoms. The molecule has 1 saturated heterocycles. The van der Waals surface area contributed by atoms with Crippen LogP contribution >= 0.6 is 8.58 Å². The molecule has 3 rings (SSSR count). The molecular formula is C11H14N3O4P. The number of hydrogen-bond donors (Lipinski definition) is 4. The molecule has 4 N–H and O–H groups in total. The van der Waals surface area contributed by atoms with E-state index in [0.717, 1.165) is 0 Å². The van der Waals surface area contributed by atoms with Gasteiger partial charge in [-0.25, -0.2) is 4.98 Å². The van der Waals surface area contributed by atoms with E-state index in [2.05, 4.69) is 15.0 Å². The fourth-order valence-electron chi connectivity index (χ4n) is 2.63. The number of aromatic nitrogens is 2. The first kappa shape index (κ1) is 12.9. The summed E-state index contributed by atoms with van der Waals surface area (Å²) >= 11 is 0. The van der Waals surface area contributed by atoms with Crippen LogP contribution in [0, 0.1) is 0 Å². The molecule has 102 valence electrons. The highest BCUT2D eigenvalue weighted by atomic mass is 31.1. The molecule has 2 aliphatic heterocycles. The van der Waals surface area contributed by atoms with E-state index in [9.17, 15) is 20.1 Å². The van der Waals surface area contributed by atoms with Crippen LogP contribution in [0.25, 0.3) is 0 Å². The summed E-state index contributed by atoms with van der Waals surface area (Å²) in [6, 6.07) is 0. The number of nitrogens with zero attached hydrogens (tertiary/aromatic N) is 2. The smallest absolute Gasteiger partial charge is 0.276 e. The summed E-state index contributed by atoms with van der Waals surface area (Å²) in [5.41, 5.74) is -0.0812. The molecule has 8 heteroatoms. The van der Waals surface area contributed by atoms with Crippen LogP contribution in [0.4, 0.5) is 5.69 Å². The van der Waals surface area contributed by atoms with E-state index >= 15 is 0 Å². The van der Waals surface area contributed by atoms with Crippen molar-refractivity contribution in [1.82, 2.24) is 9.97 Å². The lowest BCUT2D eigenvalue weighted by molar-refractivity contribution is 0.0192. The second-order valence-electron chi connectivity index (χ2n) is 4.73. The van der Waals surface area contributed by atoms with E-state index in [0.29, 0.717) is 5.69 Å². The van der Waals surface area contributed by atoms with Gasteiger partial charge >= 0.3 is 0 Å². The van der Waals surface area contributed by atoms with Gasteiger partial charge in [0.25, 0.3) is 5.56 Å². The fraction of sp³-hybridized carbons (Fsp3) is 0.545. The molecule has 2 unspecified atom stereocenters. The Morgan fingerprint density at radius 3 is 2.84 bits per heavy atom. The number of aliphatic hydroxyl groups excluding tert-OH is 3. The van der Waals surface area contributed by atoms with Crippen LogP contribution in [-0.2, 0) is 0 Å². The number of aliphatic hydroxyl groups is 3. The average Bonchev–Trinajstić information content (AvgIpc) is 2.94. The molecule has 0 bridgehead atoms. The first-order valence-electron chi connectivity index (χ1n) is 5.98. The summed E-state index contributed by atoms with van der Waals surface area (Å²) in [7, 11) is 0.201. The minimum Gasteiger partial charge on any atom is -0.396 e. The predicted octanol–water partition coefficient (Wildman–Crippen LogP) is -1.29. The lowest BCUT2D eigenvalue weighted by Crippen LogP contribution is -2.36. The van der Waals surface area contributed by atoms with Gasteiger partial charge in [-0.15, -0.1) is 8.58 Å². The Morgan fingerprint density at radius 1 is 1.37 bits per heavy atom. The third-order valence-electron chi connectivity index (χ3n) is 3.66. The summed E-state index contributed by atoms with van der Waals surface area (Å²) in [5.74, 6) is -0.281. The van der Waals surface area contributed by atoms with Gasteiger partial charge in [0, 0.05) is 23.5 Å². The molecular weight excluding hydrogens is 269 g/mol. The highest BCUT2D eigenvalue weighted by molar-refractivity contribution is 7.40. The van der Waals surface area contributed by atoms with E-state index in [1.807, 2.05) is 0 Å². The maximum absolute atomic E-state index is 11.6. The van der Waals surface area contributed by atoms with Gasteiger partial charge in [-0.3, -0.25) is 9.79 Å². The van der Waals surface area contributed by atoms with Gasteiger partial charge < -0.3 is 20.3 Å². The minimum atomic E-state index is -0.937. The number of aliphatic imine (C=N–C) groups is 1. The van der Waals surface area contributed by atoms with E-state index in [-0.39, 0.29) is 43.7 Å². The van der Waals surface area contributed by atoms with Crippen LogP contribution in [0.15, 0.2) is 16.1 Å². The molecule has 0 aromatic carbocycles. The van der Waals surface area contributed by atoms with Crippen molar-refractivity contribution in [1.29, 1.82) is 0 Å². The summed E-state index contributed by atoms with van der Waals surface area (Å²) in [5, 5.41) is 29.1. The van der Waals surface area contributed by atoms with Crippen molar-refractivity contribution >= 4 is 20.5 Å². The maximum atomic E-state index is 11.6. The van der Waals surface area contributed by atoms with Gasteiger partial charge in [0.15, 0.2) is 0 Å². The summed E-state index contributed by atoms with van der Waals surface area (Å²) < 4.78 is 0. The monoisotopic (exact) mass is 283 g/mol. The molecule has 1 aromatic rings. The third kappa shape index (κ3) is 1.94. The van der Waals surface area contributed by atoms with Crippen molar-refractivity contribution in [3.8, 4) is 0 Å². The number of nitrogens with one attached hydrogen (secondary N) is 1. The second-order valence-corrected chi connectivity index (χ2v) is 6.47. The standard InChI is InChI=1S/C11H14N3O4P/c15-2-5-8(16)9(17)10(19-5)4-1-12-7-6(4)13-3-14-11(7)18/h1,3-5,8-10,15-17,19H,2H2,(H,13,14,18)/t4?,5-,8-,9-,10+/m1/s1. The topological polar surface area (TPSA) is 119 Å². The van der Waals surface area contributed by atoms with E-state index in [1.54, 1.807) is 6.21 Å². The second kappa shape index (κ2) is 4.76. The molecule has 1 fully saturated rings. The number of rotatable bonds is 2. The number of fused-ring (bicyclic) bond motifs is 1. The third-order valence-corrected chi connectivity index (χ3v) is 5.69. The molecule has 0 radical (unpaired) electrons. The molecule has 0 aliphatic carbocycles. The van der Waals surface area contributed by atoms with Gasteiger partial charge in [0.1, 0.15) is 5.69 Å². The Morgan fingerprint density at radius 2 is 2.16 bits per heavy atom. The first-order valence-corrected chi connectivity index (χ1v) is 7.13. The van der Waals surface area contributed by atoms with Crippen molar-refractivity contribution in [3.05, 3.63) is 22.4 Å². The van der Waals surface area contributed by atoms with E-state index < -0.39 is 12.2 Å². The van der Waals surface area contributed by atoms with Crippen molar-refractivity contribution < 1.29 is 15.3 Å². The predicted molar refractivity (Wildman–Crippen MR) is 70.7 cm³/mol. The highest BCUT2D eigenvalue weighted by Gasteiger charge is 2.46. The van der Waals surface area contributed by atoms with Gasteiger partial charge in [-0.05, 0) is 0 Å². The summed E-state index contributed by atoms with van der Waals surface area (Å²) in [6.07, 6.45) is 1.04. The number of aromatic amines is 1. The molecule has 7 nitrogen and oxygen atoms in total. The Kier molecular flexibility index (Phi) is 3.22. The molecule has 6 atom stereocenters. The zero-order valence-corrected chi connectivity index (χ0v) is 10.9. The zero-order chi connectivity index (χ0) is 13.6. The summed E-state index contributed by atoms with van der Waals surface area (Å²) in [6.45, 7) is -0.160. The quantitative estimate of drug-likeness (QED) is 0.504. The normalized spacial score (nSPS) is 37.9. The van der Waals surface area contributed by atoms with Crippen molar-refractivity contribution in [2.24, 2.45) is 4.99 Å². The zero-order valence-electron chi connectivity index (χ0n) is 9.89. The molecule has 0 amide bonds. The average molecular weight is 283 g/mol. The van der Waals surface area contributed by atoms with Crippen molar-refractivity contribution in [2.75, 3.05) is 6.61 Å². The molecule has 2 aliphatic rings. The van der Waals surface area contributed by atoms with E-state index in [4.69, 9.17) is 0 Å². The maximum Gasteiger partial charge on any atom is 0.276 e. The Labute approximate surface area is 110 Å². The molecule has 0 saturated carbocycles. The van der Waals surface area contributed by atoms with Crippen molar-refractivity contribution in [3.63, 3.8) is 0 Å². The molecule has 3 heterocycles. The largest absolute Gasteiger partial charge is 0.396 e. The Hall–Kier alpha value is -1.14. The van der Waals surface area contributed by atoms with Crippen LogP contribution < -0.4 is 5.56 Å². The van der Waals surface area contributed by atoms with Crippen LogP contribution in [0.5, 0.6) is 0 Å². The first-order chi connectivity index (χ1) is 9.13. The fourth-order valence-corrected chi connectivity index (χ4v) is 4.47. The van der Waals surface area contributed by atoms with Gasteiger partial charge in [-0.2, -0.15) is 0 Å². The molecule has 0 spiro atoms. The van der Waals surface area contributed by atoms with Crippen LogP contribution in [0.1, 0.15) is 11.6 Å².